The molecule has 0 aliphatic heterocycles. The number of nitrogen functional groups attached to an aromatic ring is 4. The summed E-state index contributed by atoms with van der Waals surface area (Å²) in [7, 11) is 0. The van der Waals surface area contributed by atoms with Crippen molar-refractivity contribution >= 4 is 119 Å². The second-order valence-corrected chi connectivity index (χ2v) is 10.3. The Balaban J connectivity index is 0.000000116. The van der Waals surface area contributed by atoms with E-state index in [1.807, 2.05) is 6.92 Å². The maximum atomic E-state index is 5.70. The number of nitrogens with zero attached hydrogens (tertiary/aromatic N) is 12. The second kappa shape index (κ2) is 13.0. The van der Waals surface area contributed by atoms with Gasteiger partial charge in [0.25, 0.3) is 0 Å². The number of imidazole rings is 4. The molecule has 23 heteroatoms. The third kappa shape index (κ3) is 6.92. The molecule has 0 saturated carbocycles. The van der Waals surface area contributed by atoms with E-state index in [-0.39, 0.29) is 23.8 Å². The number of rotatable bonds is 0. The molecule has 44 heavy (non-hydrogen) atoms. The monoisotopic (exact) mass is 792 g/mol. The second-order valence-electron chi connectivity index (χ2n) is 8.19. The van der Waals surface area contributed by atoms with Gasteiger partial charge in [-0.15, -0.1) is 0 Å². The average Bonchev–Trinajstić information content (AvgIpc) is 3.76. The summed E-state index contributed by atoms with van der Waals surface area (Å²) in [6.07, 6.45) is 6.18. The Labute approximate surface area is 271 Å². The Kier molecular flexibility index (Phi) is 9.00. The average molecular weight is 794 g/mol. The lowest BCUT2D eigenvalue weighted by atomic mass is 10.4. The summed E-state index contributed by atoms with van der Waals surface area (Å²) in [5.74, 6) is 0.877. The number of aryl methyl sites for hydroxylation is 1. The number of hydrogen-bond donors (Lipinski definition) is 8. The Bertz CT molecular complexity index is 1890. The maximum absolute atomic E-state index is 5.70. The summed E-state index contributed by atoms with van der Waals surface area (Å²) in [5.41, 5.74) is 27.7. The number of halogens is 3. The van der Waals surface area contributed by atoms with Crippen LogP contribution in [0.3, 0.4) is 0 Å². The van der Waals surface area contributed by atoms with Crippen LogP contribution in [0, 0.1) is 10.6 Å². The molecule has 0 aliphatic rings. The topological polar surface area (TPSA) is 322 Å². The fourth-order valence-electron chi connectivity index (χ4n) is 3.44. The zero-order chi connectivity index (χ0) is 31.4. The van der Waals surface area contributed by atoms with Crippen molar-refractivity contribution in [2.45, 2.75) is 6.92 Å². The van der Waals surface area contributed by atoms with Crippen LogP contribution in [0.25, 0.3) is 44.7 Å². The largest absolute Gasteiger partial charge is 0.368 e. The van der Waals surface area contributed by atoms with Crippen molar-refractivity contribution in [1.82, 2.24) is 79.7 Å². The van der Waals surface area contributed by atoms with Crippen LogP contribution in [-0.2, 0) is 0 Å². The summed E-state index contributed by atoms with van der Waals surface area (Å²) < 4.78 is 1.43. The lowest BCUT2D eigenvalue weighted by molar-refractivity contribution is 1.15. The number of nitrogens with one attached hydrogen (secondary N) is 4. The van der Waals surface area contributed by atoms with Crippen LogP contribution < -0.4 is 22.9 Å². The van der Waals surface area contributed by atoms with Crippen LogP contribution in [-0.4, -0.2) is 79.7 Å². The molecule has 0 atom stereocenters. The molecule has 0 amide bonds. The molecular formula is C21H19BrClIN20. The summed E-state index contributed by atoms with van der Waals surface area (Å²) in [6.45, 7) is 1.86. The maximum Gasteiger partial charge on any atom is 0.223 e. The van der Waals surface area contributed by atoms with E-state index in [2.05, 4.69) is 118 Å². The normalized spacial score (nSPS) is 10.6. The minimum Gasteiger partial charge on any atom is -0.368 e. The van der Waals surface area contributed by atoms with Crippen molar-refractivity contribution < 1.29 is 0 Å². The van der Waals surface area contributed by atoms with Crippen molar-refractivity contribution in [1.29, 1.82) is 0 Å². The molecule has 12 N–H and O–H groups in total. The fraction of sp³-hybridized carbons (Fsp3) is 0.0476. The molecular weight excluding hydrogens is 775 g/mol. The van der Waals surface area contributed by atoms with Crippen molar-refractivity contribution in [2.24, 2.45) is 0 Å². The van der Waals surface area contributed by atoms with Gasteiger partial charge in [0.15, 0.2) is 27.7 Å². The van der Waals surface area contributed by atoms with Crippen LogP contribution in [0.1, 0.15) is 5.69 Å². The molecule has 0 aliphatic carbocycles. The predicted molar refractivity (Wildman–Crippen MR) is 175 cm³/mol. The van der Waals surface area contributed by atoms with Crippen LogP contribution in [0.2, 0.25) is 5.15 Å². The van der Waals surface area contributed by atoms with Gasteiger partial charge in [0, 0.05) is 0 Å². The van der Waals surface area contributed by atoms with Gasteiger partial charge in [-0.1, -0.05) is 11.6 Å². The molecule has 8 aromatic heterocycles. The number of aromatic nitrogens is 16. The van der Waals surface area contributed by atoms with Gasteiger partial charge in [-0.2, -0.15) is 24.9 Å². The van der Waals surface area contributed by atoms with E-state index < -0.39 is 0 Å². The minimum absolute atomic E-state index is 0.134. The summed E-state index contributed by atoms with van der Waals surface area (Å²) in [4.78, 5) is 58.3. The number of H-pyrrole nitrogens is 4. The van der Waals surface area contributed by atoms with Gasteiger partial charge in [0.2, 0.25) is 23.8 Å². The molecule has 8 rings (SSSR count). The first-order valence-electron chi connectivity index (χ1n) is 11.9. The van der Waals surface area contributed by atoms with Crippen LogP contribution >= 0.6 is 50.1 Å². The van der Waals surface area contributed by atoms with Gasteiger partial charge < -0.3 is 42.9 Å². The first-order chi connectivity index (χ1) is 21.1. The van der Waals surface area contributed by atoms with Crippen molar-refractivity contribution in [3.8, 4) is 0 Å². The van der Waals surface area contributed by atoms with Gasteiger partial charge in [-0.3, -0.25) is 0 Å². The standard InChI is InChI=1S/C6H7N5.C5H4BrN5.C5H4ClN5.C5H4IN5/c1-3-4-5(9-2-8-4)11-6(7)10-3;3*6-3-2-4(9-1-8-2)11-5(7)10-3/h2H,1H3,(H3,7,8,9,10,11);3*1H,(H3,7,8,9,10,11). The van der Waals surface area contributed by atoms with Gasteiger partial charge in [0.05, 0.1) is 31.0 Å². The Morgan fingerprint density at radius 1 is 0.568 bits per heavy atom. The molecule has 0 saturated heterocycles. The van der Waals surface area contributed by atoms with Crippen LogP contribution in [0.5, 0.6) is 0 Å². The third-order valence-electron chi connectivity index (χ3n) is 5.26. The molecule has 0 aromatic carbocycles. The van der Waals surface area contributed by atoms with E-state index in [0.717, 1.165) is 25.9 Å². The number of hydrogen-bond acceptors (Lipinski definition) is 16. The summed E-state index contributed by atoms with van der Waals surface area (Å²) >= 11 is 11.0. The van der Waals surface area contributed by atoms with E-state index in [4.69, 9.17) is 34.5 Å². The quantitative estimate of drug-likeness (QED) is 0.0805. The lowest BCUT2D eigenvalue weighted by Crippen LogP contribution is -1.96. The molecule has 0 radical (unpaired) electrons. The number of aromatic amines is 4. The van der Waals surface area contributed by atoms with Gasteiger partial charge in [0.1, 0.15) is 30.4 Å². The predicted octanol–water partition coefficient (Wildman–Crippen LogP) is 2.07. The zero-order valence-corrected chi connectivity index (χ0v) is 26.6. The van der Waals surface area contributed by atoms with Gasteiger partial charge in [-0.05, 0) is 45.4 Å². The number of anilines is 4. The third-order valence-corrected chi connectivity index (χ3v) is 6.89. The smallest absolute Gasteiger partial charge is 0.223 e. The summed E-state index contributed by atoms with van der Waals surface area (Å²) in [6, 6.07) is 0. The molecule has 8 heterocycles. The highest BCUT2D eigenvalue weighted by Gasteiger charge is 2.06. The highest BCUT2D eigenvalue weighted by Crippen LogP contribution is 2.18. The van der Waals surface area contributed by atoms with Crippen molar-refractivity contribution in [3.05, 3.63) is 44.5 Å². The van der Waals surface area contributed by atoms with Crippen molar-refractivity contribution in [2.75, 3.05) is 22.9 Å². The highest BCUT2D eigenvalue weighted by molar-refractivity contribution is 14.1. The Hall–Kier alpha value is -5.10. The Morgan fingerprint density at radius 3 is 1.59 bits per heavy atom. The lowest BCUT2D eigenvalue weighted by Gasteiger charge is -1.94. The summed E-state index contributed by atoms with van der Waals surface area (Å²) in [5, 5.41) is 0.296. The van der Waals surface area contributed by atoms with E-state index in [0.29, 0.717) is 37.9 Å². The van der Waals surface area contributed by atoms with E-state index in [1.54, 1.807) is 19.0 Å². The number of nitrogens with two attached hydrogens (primary N) is 4. The van der Waals surface area contributed by atoms with E-state index in [1.165, 1.54) is 6.33 Å². The van der Waals surface area contributed by atoms with Gasteiger partial charge in [-0.25, -0.2) is 34.9 Å². The first-order valence-corrected chi connectivity index (χ1v) is 14.1. The molecule has 20 nitrogen and oxygen atoms in total. The molecule has 0 fully saturated rings. The SMILES string of the molecule is Cc1nc(N)nc2nc[nH]c12.Nc1nc(Br)c2[nH]cnc2n1.Nc1nc(Cl)c2[nH]cnc2n1.Nc1nc(I)c2[nH]cnc2n1. The first kappa shape index (κ1) is 30.4. The molecule has 0 unspecified atom stereocenters. The zero-order valence-electron chi connectivity index (χ0n) is 22.1. The molecule has 8 aromatic rings. The van der Waals surface area contributed by atoms with E-state index >= 15 is 0 Å². The number of fused-ring (bicyclic) bond motifs is 4. The minimum atomic E-state index is 0.134. The van der Waals surface area contributed by atoms with Crippen LogP contribution in [0.15, 0.2) is 29.9 Å². The molecule has 224 valence electrons. The van der Waals surface area contributed by atoms with Crippen LogP contribution in [0.4, 0.5) is 23.8 Å². The van der Waals surface area contributed by atoms with Crippen molar-refractivity contribution in [3.63, 3.8) is 0 Å². The van der Waals surface area contributed by atoms with E-state index in [9.17, 15) is 0 Å². The molecule has 0 bridgehead atoms. The fourth-order valence-corrected chi connectivity index (χ4v) is 4.78. The Morgan fingerprint density at radius 2 is 0.977 bits per heavy atom. The van der Waals surface area contributed by atoms with Gasteiger partial charge >= 0.3 is 0 Å². The molecule has 0 spiro atoms. The highest BCUT2D eigenvalue weighted by atomic mass is 127.